The molecule has 0 atom stereocenters. The highest BCUT2D eigenvalue weighted by Crippen LogP contribution is 2.37. The Bertz CT molecular complexity index is 1140. The van der Waals surface area contributed by atoms with Gasteiger partial charge in [0.15, 0.2) is 0 Å². The summed E-state index contributed by atoms with van der Waals surface area (Å²) >= 11 is 0. The molecular weight excluding hydrogens is 412 g/mol. The molecule has 0 aliphatic rings. The number of aromatic hydroxyl groups is 3. The van der Waals surface area contributed by atoms with Gasteiger partial charge in [-0.1, -0.05) is 32.1 Å². The molecule has 33 heavy (non-hydrogen) atoms. The molecule has 0 unspecified atom stereocenters. The van der Waals surface area contributed by atoms with Crippen LogP contribution in [0.2, 0.25) is 0 Å². The minimum Gasteiger partial charge on any atom is -0.508 e. The van der Waals surface area contributed by atoms with Crippen LogP contribution in [0.5, 0.6) is 28.7 Å². The molecule has 0 spiro atoms. The summed E-state index contributed by atoms with van der Waals surface area (Å²) in [6, 6.07) is 14.2. The lowest BCUT2D eigenvalue weighted by Crippen LogP contribution is -1.97. The average Bonchev–Trinajstić information content (AvgIpc) is 2.69. The van der Waals surface area contributed by atoms with E-state index in [4.69, 9.17) is 4.74 Å². The van der Waals surface area contributed by atoms with E-state index >= 15 is 0 Å². The molecule has 3 N–H and O–H groups in total. The highest BCUT2D eigenvalue weighted by molar-refractivity contribution is 5.69. The summed E-state index contributed by atoms with van der Waals surface area (Å²) < 4.78 is 6.07. The quantitative estimate of drug-likeness (QED) is 0.332. The first-order valence-corrected chi connectivity index (χ1v) is 11.4. The molecule has 3 aromatic carbocycles. The van der Waals surface area contributed by atoms with Crippen LogP contribution in [-0.4, -0.2) is 15.3 Å². The Morgan fingerprint density at radius 3 is 2.30 bits per heavy atom. The lowest BCUT2D eigenvalue weighted by Gasteiger charge is -2.15. The van der Waals surface area contributed by atoms with Crippen LogP contribution in [0, 0.1) is 19.8 Å². The van der Waals surface area contributed by atoms with Crippen molar-refractivity contribution in [3.8, 4) is 28.7 Å². The van der Waals surface area contributed by atoms with Gasteiger partial charge < -0.3 is 20.1 Å². The molecule has 0 heterocycles. The number of allylic oxidation sites excluding steroid dienone is 2. The van der Waals surface area contributed by atoms with Crippen molar-refractivity contribution in [1.82, 2.24) is 0 Å². The van der Waals surface area contributed by atoms with E-state index in [2.05, 4.69) is 19.9 Å². The number of phenolic OH excluding ortho intramolecular Hbond substituents is 3. The second kappa shape index (κ2) is 10.5. The highest BCUT2D eigenvalue weighted by Gasteiger charge is 2.15. The van der Waals surface area contributed by atoms with Crippen molar-refractivity contribution in [3.05, 3.63) is 82.4 Å². The van der Waals surface area contributed by atoms with Crippen LogP contribution in [-0.2, 0) is 6.42 Å². The minimum atomic E-state index is 0.126. The van der Waals surface area contributed by atoms with Crippen molar-refractivity contribution < 1.29 is 20.1 Å². The minimum absolute atomic E-state index is 0.126. The second-order valence-electron chi connectivity index (χ2n) is 9.25. The maximum atomic E-state index is 10.7. The standard InChI is InChI=1S/C29H34O4/c1-18(2)7-6-8-21(5)25-10-9-22(16-28(25)32)15-26-27(31)13-20(4)14-29(26)33-24-12-19(3)11-23(30)17-24/h8-14,16-18,30-32H,6-7,15H2,1-5H3. The predicted octanol–water partition coefficient (Wildman–Crippen LogP) is 7.64. The van der Waals surface area contributed by atoms with Gasteiger partial charge in [-0.3, -0.25) is 0 Å². The SMILES string of the molecule is CC(=CCCC(C)C)c1ccc(Cc2c(O)cc(C)cc2Oc2cc(C)cc(O)c2)cc1O. The van der Waals surface area contributed by atoms with Gasteiger partial charge in [0.1, 0.15) is 28.7 Å². The second-order valence-corrected chi connectivity index (χ2v) is 9.25. The Morgan fingerprint density at radius 2 is 1.64 bits per heavy atom. The maximum Gasteiger partial charge on any atom is 0.134 e. The number of rotatable bonds is 8. The van der Waals surface area contributed by atoms with Gasteiger partial charge in [0.25, 0.3) is 0 Å². The first kappa shape index (κ1) is 24.2. The Hall–Kier alpha value is -3.40. The van der Waals surface area contributed by atoms with Crippen molar-refractivity contribution in [3.63, 3.8) is 0 Å². The largest absolute Gasteiger partial charge is 0.508 e. The fourth-order valence-corrected chi connectivity index (χ4v) is 3.92. The zero-order valence-corrected chi connectivity index (χ0v) is 20.1. The first-order valence-electron chi connectivity index (χ1n) is 11.4. The van der Waals surface area contributed by atoms with Crippen molar-refractivity contribution in [2.24, 2.45) is 5.92 Å². The zero-order valence-electron chi connectivity index (χ0n) is 20.1. The summed E-state index contributed by atoms with van der Waals surface area (Å²) in [4.78, 5) is 0. The summed E-state index contributed by atoms with van der Waals surface area (Å²) in [6.45, 7) is 10.2. The Balaban J connectivity index is 1.88. The van der Waals surface area contributed by atoms with Crippen LogP contribution in [0.15, 0.2) is 54.6 Å². The van der Waals surface area contributed by atoms with Crippen LogP contribution >= 0.6 is 0 Å². The zero-order chi connectivity index (χ0) is 24.1. The molecule has 0 aliphatic carbocycles. The van der Waals surface area contributed by atoms with Gasteiger partial charge in [-0.05, 0) is 92.1 Å². The number of aryl methyl sites for hydroxylation is 2. The molecule has 0 saturated heterocycles. The fraction of sp³-hybridized carbons (Fsp3) is 0.310. The van der Waals surface area contributed by atoms with Crippen molar-refractivity contribution in [2.45, 2.75) is 53.9 Å². The van der Waals surface area contributed by atoms with Crippen LogP contribution in [0.1, 0.15) is 61.4 Å². The predicted molar refractivity (Wildman–Crippen MR) is 134 cm³/mol. The highest BCUT2D eigenvalue weighted by atomic mass is 16.5. The topological polar surface area (TPSA) is 69.9 Å². The summed E-state index contributed by atoms with van der Waals surface area (Å²) in [7, 11) is 0. The van der Waals surface area contributed by atoms with E-state index in [-0.39, 0.29) is 17.2 Å². The van der Waals surface area contributed by atoms with E-state index < -0.39 is 0 Å². The van der Waals surface area contributed by atoms with Crippen molar-refractivity contribution >= 4 is 5.57 Å². The monoisotopic (exact) mass is 446 g/mol. The molecule has 3 rings (SSSR count). The summed E-state index contributed by atoms with van der Waals surface area (Å²) in [5.74, 6) is 2.15. The first-order chi connectivity index (χ1) is 15.6. The number of hydrogen-bond donors (Lipinski definition) is 3. The Morgan fingerprint density at radius 1 is 0.909 bits per heavy atom. The van der Waals surface area contributed by atoms with Gasteiger partial charge in [-0.2, -0.15) is 0 Å². The lowest BCUT2D eigenvalue weighted by atomic mass is 9.97. The Labute approximate surface area is 196 Å². The third-order valence-corrected chi connectivity index (χ3v) is 5.66. The van der Waals surface area contributed by atoms with Crippen LogP contribution in [0.25, 0.3) is 5.57 Å². The molecular formula is C29H34O4. The molecule has 0 amide bonds. The van der Waals surface area contributed by atoms with Gasteiger partial charge in [0.2, 0.25) is 0 Å². The average molecular weight is 447 g/mol. The summed E-state index contributed by atoms with van der Waals surface area (Å²) in [5, 5.41) is 31.2. The molecule has 4 heteroatoms. The molecule has 0 aromatic heterocycles. The van der Waals surface area contributed by atoms with Gasteiger partial charge in [-0.15, -0.1) is 0 Å². The smallest absolute Gasteiger partial charge is 0.134 e. The van der Waals surface area contributed by atoms with Gasteiger partial charge >= 0.3 is 0 Å². The van der Waals surface area contributed by atoms with Crippen LogP contribution < -0.4 is 4.74 Å². The Kier molecular flexibility index (Phi) is 7.70. The third kappa shape index (κ3) is 6.55. The van der Waals surface area contributed by atoms with E-state index in [1.165, 1.54) is 0 Å². The normalized spacial score (nSPS) is 11.8. The molecule has 0 fully saturated rings. The lowest BCUT2D eigenvalue weighted by molar-refractivity contribution is 0.437. The number of ether oxygens (including phenoxy) is 1. The van der Waals surface area contributed by atoms with E-state index in [1.807, 2.05) is 45.0 Å². The van der Waals surface area contributed by atoms with Crippen LogP contribution in [0.4, 0.5) is 0 Å². The number of hydrogen-bond acceptors (Lipinski definition) is 4. The fourth-order valence-electron chi connectivity index (χ4n) is 3.92. The van der Waals surface area contributed by atoms with Crippen LogP contribution in [0.3, 0.4) is 0 Å². The maximum absolute atomic E-state index is 10.7. The van der Waals surface area contributed by atoms with E-state index in [9.17, 15) is 15.3 Å². The molecule has 0 radical (unpaired) electrons. The number of phenols is 3. The van der Waals surface area contributed by atoms with Crippen molar-refractivity contribution in [2.75, 3.05) is 0 Å². The number of benzene rings is 3. The van der Waals surface area contributed by atoms with Gasteiger partial charge in [0.05, 0.1) is 0 Å². The summed E-state index contributed by atoms with van der Waals surface area (Å²) in [5.41, 5.74) is 5.10. The van der Waals surface area contributed by atoms with E-state index in [1.54, 1.807) is 24.3 Å². The van der Waals surface area contributed by atoms with Gasteiger partial charge in [-0.25, -0.2) is 0 Å². The summed E-state index contributed by atoms with van der Waals surface area (Å²) in [6.07, 6.45) is 4.66. The molecule has 0 saturated carbocycles. The molecule has 4 nitrogen and oxygen atoms in total. The van der Waals surface area contributed by atoms with E-state index in [0.29, 0.717) is 29.4 Å². The van der Waals surface area contributed by atoms with Crippen molar-refractivity contribution in [1.29, 1.82) is 0 Å². The molecule has 0 aliphatic heterocycles. The third-order valence-electron chi connectivity index (χ3n) is 5.66. The van der Waals surface area contributed by atoms with E-state index in [0.717, 1.165) is 40.7 Å². The molecule has 0 bridgehead atoms. The van der Waals surface area contributed by atoms with Gasteiger partial charge in [0, 0.05) is 23.6 Å². The molecule has 3 aromatic rings. The molecule has 174 valence electrons.